The Morgan fingerprint density at radius 1 is 1.11 bits per heavy atom. The van der Waals surface area contributed by atoms with Gasteiger partial charge in [0.1, 0.15) is 5.82 Å². The molecule has 0 atom stereocenters. The topological polar surface area (TPSA) is 79.3 Å². The molecule has 2 heterocycles. The van der Waals surface area contributed by atoms with Crippen molar-refractivity contribution in [2.75, 3.05) is 30.3 Å². The summed E-state index contributed by atoms with van der Waals surface area (Å²) in [6, 6.07) is 11.5. The van der Waals surface area contributed by atoms with Crippen molar-refractivity contribution in [1.29, 1.82) is 0 Å². The molecule has 7 nitrogen and oxygen atoms in total. The summed E-state index contributed by atoms with van der Waals surface area (Å²) in [5.41, 5.74) is 0.825. The van der Waals surface area contributed by atoms with E-state index in [9.17, 15) is 9.59 Å². The van der Waals surface area contributed by atoms with Gasteiger partial charge in [0.15, 0.2) is 0 Å². The lowest BCUT2D eigenvalue weighted by Crippen LogP contribution is -2.42. The van der Waals surface area contributed by atoms with Gasteiger partial charge < -0.3 is 10.6 Å². The lowest BCUT2D eigenvalue weighted by atomic mass is 9.96. The number of nitrogens with one attached hydrogen (secondary N) is 2. The Kier molecular flexibility index (Phi) is 6.24. The molecule has 0 spiro atoms. The second kappa shape index (κ2) is 8.81. The van der Waals surface area contributed by atoms with Crippen LogP contribution in [0.25, 0.3) is 0 Å². The number of likely N-dealkylation sites (tertiary alicyclic amines) is 1. The number of rotatable bonds is 6. The molecule has 2 N–H and O–H groups in total. The molecule has 0 bridgehead atoms. The zero-order chi connectivity index (χ0) is 19.2. The summed E-state index contributed by atoms with van der Waals surface area (Å²) < 4.78 is 1.79. The van der Waals surface area contributed by atoms with Gasteiger partial charge in [0.05, 0.1) is 12.7 Å². The van der Waals surface area contributed by atoms with Gasteiger partial charge in [-0.1, -0.05) is 18.2 Å². The molecule has 0 saturated carbocycles. The molecule has 0 aliphatic carbocycles. The molecule has 144 valence electrons. The number of hydrogen-bond acceptors (Lipinski definition) is 4. The first-order valence-corrected chi connectivity index (χ1v) is 9.44. The van der Waals surface area contributed by atoms with Crippen LogP contribution in [0.15, 0.2) is 42.6 Å². The number of aromatic nitrogens is 2. The molecule has 1 aliphatic rings. The Labute approximate surface area is 159 Å². The summed E-state index contributed by atoms with van der Waals surface area (Å²) in [7, 11) is 0. The molecule has 2 aromatic rings. The minimum Gasteiger partial charge on any atom is -0.326 e. The van der Waals surface area contributed by atoms with Gasteiger partial charge in [0.25, 0.3) is 0 Å². The largest absolute Gasteiger partial charge is 0.326 e. The normalized spacial score (nSPS) is 15.7. The molecule has 2 amide bonds. The third kappa shape index (κ3) is 5.17. The highest BCUT2D eigenvalue weighted by atomic mass is 16.2. The first-order chi connectivity index (χ1) is 13.0. The van der Waals surface area contributed by atoms with Crippen molar-refractivity contribution in [2.24, 2.45) is 5.92 Å². The molecule has 7 heteroatoms. The average Bonchev–Trinajstić information content (AvgIpc) is 3.11. The Morgan fingerprint density at radius 3 is 2.48 bits per heavy atom. The van der Waals surface area contributed by atoms with E-state index in [0.29, 0.717) is 12.4 Å². The second-order valence-corrected chi connectivity index (χ2v) is 7.21. The maximum atomic E-state index is 12.4. The van der Waals surface area contributed by atoms with E-state index in [4.69, 9.17) is 0 Å². The van der Waals surface area contributed by atoms with Gasteiger partial charge in [-0.25, -0.2) is 4.68 Å². The van der Waals surface area contributed by atoms with Crippen molar-refractivity contribution < 1.29 is 9.59 Å². The monoisotopic (exact) mass is 369 g/mol. The van der Waals surface area contributed by atoms with Crippen LogP contribution in [0.3, 0.4) is 0 Å². The van der Waals surface area contributed by atoms with Crippen LogP contribution in [0.2, 0.25) is 0 Å². The molecular formula is C20H27N5O2. The van der Waals surface area contributed by atoms with Crippen molar-refractivity contribution in [1.82, 2.24) is 14.7 Å². The quantitative estimate of drug-likeness (QED) is 0.821. The minimum absolute atomic E-state index is 0.00751. The van der Waals surface area contributed by atoms with Crippen LogP contribution >= 0.6 is 0 Å². The molecular weight excluding hydrogens is 342 g/mol. The zero-order valence-electron chi connectivity index (χ0n) is 15.9. The van der Waals surface area contributed by atoms with Crippen molar-refractivity contribution >= 4 is 23.3 Å². The molecule has 0 unspecified atom stereocenters. The van der Waals surface area contributed by atoms with Crippen LogP contribution in [0.5, 0.6) is 0 Å². The van der Waals surface area contributed by atoms with Gasteiger partial charge in [-0.2, -0.15) is 5.10 Å². The average molecular weight is 369 g/mol. The second-order valence-electron chi connectivity index (χ2n) is 7.21. The summed E-state index contributed by atoms with van der Waals surface area (Å²) in [6.45, 7) is 5.85. The fourth-order valence-electron chi connectivity index (χ4n) is 3.33. The Bertz CT molecular complexity index is 764. The van der Waals surface area contributed by atoms with Crippen LogP contribution < -0.4 is 10.6 Å². The number of para-hydroxylation sites is 1. The minimum atomic E-state index is -0.0513. The number of hydrogen-bond donors (Lipinski definition) is 2. The van der Waals surface area contributed by atoms with Crippen LogP contribution in [0, 0.1) is 5.92 Å². The van der Waals surface area contributed by atoms with E-state index in [1.165, 1.54) is 0 Å². The van der Waals surface area contributed by atoms with Crippen LogP contribution in [-0.4, -0.2) is 46.1 Å². The maximum Gasteiger partial charge on any atom is 0.239 e. The Hall–Kier alpha value is -2.67. The zero-order valence-corrected chi connectivity index (χ0v) is 15.9. The van der Waals surface area contributed by atoms with Crippen molar-refractivity contribution in [3.8, 4) is 0 Å². The number of anilines is 2. The van der Waals surface area contributed by atoms with Gasteiger partial charge in [-0.3, -0.25) is 14.5 Å². The number of piperidine rings is 1. The number of carbonyl (C=O) groups is 2. The molecule has 1 fully saturated rings. The maximum absolute atomic E-state index is 12.4. The summed E-state index contributed by atoms with van der Waals surface area (Å²) in [5.74, 6) is 0.717. The SMILES string of the molecule is CC(C)n1nccc1NC(=O)CN1CCC(C(=O)Nc2ccccc2)CC1. The molecule has 27 heavy (non-hydrogen) atoms. The Balaban J connectivity index is 1.44. The van der Waals surface area contributed by atoms with Crippen LogP contribution in [0.1, 0.15) is 32.7 Å². The summed E-state index contributed by atoms with van der Waals surface area (Å²) >= 11 is 0. The van der Waals surface area contributed by atoms with E-state index >= 15 is 0 Å². The predicted octanol–water partition coefficient (Wildman–Crippen LogP) is 2.75. The number of nitrogens with zero attached hydrogens (tertiary/aromatic N) is 3. The van der Waals surface area contributed by atoms with Gasteiger partial charge in [0, 0.05) is 23.7 Å². The predicted molar refractivity (Wildman–Crippen MR) is 105 cm³/mol. The highest BCUT2D eigenvalue weighted by Crippen LogP contribution is 2.20. The van der Waals surface area contributed by atoms with E-state index in [-0.39, 0.29) is 23.8 Å². The van der Waals surface area contributed by atoms with E-state index in [1.807, 2.05) is 44.2 Å². The number of carbonyl (C=O) groups excluding carboxylic acids is 2. The highest BCUT2D eigenvalue weighted by molar-refractivity contribution is 5.93. The van der Waals surface area contributed by atoms with E-state index in [1.54, 1.807) is 16.9 Å². The van der Waals surface area contributed by atoms with Crippen LogP contribution in [-0.2, 0) is 9.59 Å². The number of benzene rings is 1. The number of amides is 2. The Morgan fingerprint density at radius 2 is 1.81 bits per heavy atom. The molecule has 1 saturated heterocycles. The van der Waals surface area contributed by atoms with Crippen LogP contribution in [0.4, 0.5) is 11.5 Å². The van der Waals surface area contributed by atoms with Gasteiger partial charge in [-0.15, -0.1) is 0 Å². The fraction of sp³-hybridized carbons (Fsp3) is 0.450. The highest BCUT2D eigenvalue weighted by Gasteiger charge is 2.26. The summed E-state index contributed by atoms with van der Waals surface area (Å²) in [5, 5.41) is 10.1. The molecule has 3 rings (SSSR count). The van der Waals surface area contributed by atoms with Gasteiger partial charge in [0.2, 0.25) is 11.8 Å². The lowest BCUT2D eigenvalue weighted by molar-refractivity contribution is -0.121. The van der Waals surface area contributed by atoms with Gasteiger partial charge >= 0.3 is 0 Å². The van der Waals surface area contributed by atoms with E-state index in [0.717, 1.165) is 31.6 Å². The standard InChI is InChI=1S/C20H27N5O2/c1-15(2)25-18(8-11-21-25)23-19(26)14-24-12-9-16(10-13-24)20(27)22-17-6-4-3-5-7-17/h3-8,11,15-16H,9-10,12-14H2,1-2H3,(H,22,27)(H,23,26). The summed E-state index contributed by atoms with van der Waals surface area (Å²) in [4.78, 5) is 26.8. The molecule has 1 aliphatic heterocycles. The molecule has 1 aromatic heterocycles. The van der Waals surface area contributed by atoms with Crippen molar-refractivity contribution in [3.63, 3.8) is 0 Å². The first kappa shape index (κ1) is 19.1. The van der Waals surface area contributed by atoms with E-state index in [2.05, 4.69) is 20.6 Å². The smallest absolute Gasteiger partial charge is 0.239 e. The van der Waals surface area contributed by atoms with Crippen molar-refractivity contribution in [3.05, 3.63) is 42.6 Å². The lowest BCUT2D eigenvalue weighted by Gasteiger charge is -2.30. The third-order valence-electron chi connectivity index (χ3n) is 4.79. The third-order valence-corrected chi connectivity index (χ3v) is 4.79. The van der Waals surface area contributed by atoms with Crippen molar-refractivity contribution in [2.45, 2.75) is 32.7 Å². The molecule has 1 aromatic carbocycles. The van der Waals surface area contributed by atoms with Gasteiger partial charge in [-0.05, 0) is 51.9 Å². The first-order valence-electron chi connectivity index (χ1n) is 9.44. The summed E-state index contributed by atoms with van der Waals surface area (Å²) in [6.07, 6.45) is 3.21. The fourth-order valence-corrected chi connectivity index (χ4v) is 3.33. The van der Waals surface area contributed by atoms with E-state index < -0.39 is 0 Å². The molecule has 0 radical (unpaired) electrons.